The first-order chi connectivity index (χ1) is 16.4. The minimum absolute atomic E-state index is 0.0549. The second-order valence-corrected chi connectivity index (χ2v) is 9.98. The molecule has 0 aliphatic rings. The Labute approximate surface area is 207 Å². The molecule has 0 saturated carbocycles. The van der Waals surface area contributed by atoms with Crippen LogP contribution in [-0.2, 0) is 21.4 Å². The Morgan fingerprint density at radius 1 is 0.971 bits per heavy atom. The molecule has 1 N–H and O–H groups in total. The Hall–Kier alpha value is -3.33. The maximum Gasteiger partial charge on any atom is 0.264 e. The number of rotatable bonds is 8. The van der Waals surface area contributed by atoms with E-state index in [9.17, 15) is 13.2 Å². The van der Waals surface area contributed by atoms with Gasteiger partial charge in [-0.25, -0.2) is 13.4 Å². The van der Waals surface area contributed by atoms with E-state index in [0.717, 1.165) is 15.6 Å². The van der Waals surface area contributed by atoms with Crippen LogP contribution in [0.1, 0.15) is 5.56 Å². The van der Waals surface area contributed by atoms with Gasteiger partial charge in [-0.15, -0.1) is 0 Å². The second kappa shape index (κ2) is 10.3. The van der Waals surface area contributed by atoms with Crippen molar-refractivity contribution >= 4 is 44.8 Å². The van der Waals surface area contributed by atoms with E-state index in [1.165, 1.54) is 30.3 Å². The Kier molecular flexibility index (Phi) is 7.21. The molecule has 10 heteroatoms. The van der Waals surface area contributed by atoms with Gasteiger partial charge in [-0.05, 0) is 42.0 Å². The zero-order chi connectivity index (χ0) is 24.1. The van der Waals surface area contributed by atoms with Crippen LogP contribution in [0.25, 0.3) is 5.69 Å². The molecular weight excluding hydrogens is 495 g/mol. The summed E-state index contributed by atoms with van der Waals surface area (Å²) in [6.45, 7) is -0.240. The summed E-state index contributed by atoms with van der Waals surface area (Å²) in [7, 11) is -4.05. The summed E-state index contributed by atoms with van der Waals surface area (Å²) >= 11 is 12.1. The molecule has 0 aliphatic heterocycles. The normalized spacial score (nSPS) is 11.2. The molecule has 1 heterocycles. The summed E-state index contributed by atoms with van der Waals surface area (Å²) in [5.41, 5.74) is 1.94. The average Bonchev–Trinajstić information content (AvgIpc) is 3.38. The van der Waals surface area contributed by atoms with Crippen LogP contribution >= 0.6 is 23.2 Å². The van der Waals surface area contributed by atoms with Crippen LogP contribution in [0.15, 0.2) is 96.4 Å². The van der Waals surface area contributed by atoms with Crippen LogP contribution in [0.5, 0.6) is 0 Å². The summed E-state index contributed by atoms with van der Waals surface area (Å²) in [4.78, 5) is 17.0. The van der Waals surface area contributed by atoms with Gasteiger partial charge in [-0.1, -0.05) is 59.6 Å². The van der Waals surface area contributed by atoms with Crippen molar-refractivity contribution in [3.8, 4) is 5.69 Å². The van der Waals surface area contributed by atoms with Crippen LogP contribution in [0.4, 0.5) is 5.69 Å². The van der Waals surface area contributed by atoms with E-state index < -0.39 is 22.5 Å². The molecule has 0 unspecified atom stereocenters. The van der Waals surface area contributed by atoms with Crippen molar-refractivity contribution in [3.05, 3.63) is 107 Å². The minimum Gasteiger partial charge on any atom is -0.350 e. The van der Waals surface area contributed by atoms with Gasteiger partial charge in [0, 0.05) is 18.9 Å². The molecule has 4 rings (SSSR count). The number of hydrogen-bond acceptors (Lipinski definition) is 4. The van der Waals surface area contributed by atoms with E-state index in [2.05, 4.69) is 10.3 Å². The van der Waals surface area contributed by atoms with Gasteiger partial charge in [-0.2, -0.15) is 0 Å². The van der Waals surface area contributed by atoms with Crippen molar-refractivity contribution in [2.45, 2.75) is 11.4 Å². The van der Waals surface area contributed by atoms with Gasteiger partial charge in [0.25, 0.3) is 10.0 Å². The maximum absolute atomic E-state index is 13.4. The van der Waals surface area contributed by atoms with Gasteiger partial charge < -0.3 is 9.88 Å². The topological polar surface area (TPSA) is 84.3 Å². The van der Waals surface area contributed by atoms with Gasteiger partial charge in [-0.3, -0.25) is 9.10 Å². The van der Waals surface area contributed by atoms with E-state index in [1.807, 2.05) is 28.8 Å². The van der Waals surface area contributed by atoms with E-state index >= 15 is 0 Å². The number of nitrogens with zero attached hydrogens (tertiary/aromatic N) is 3. The highest BCUT2D eigenvalue weighted by Crippen LogP contribution is 2.30. The van der Waals surface area contributed by atoms with Crippen LogP contribution in [0.3, 0.4) is 0 Å². The number of sulfonamides is 1. The number of benzene rings is 3. The highest BCUT2D eigenvalue weighted by atomic mass is 35.5. The fourth-order valence-corrected chi connectivity index (χ4v) is 5.10. The molecule has 1 aromatic heterocycles. The van der Waals surface area contributed by atoms with Gasteiger partial charge in [0.2, 0.25) is 5.91 Å². The highest BCUT2D eigenvalue weighted by Gasteiger charge is 2.27. The third kappa shape index (κ3) is 5.25. The molecule has 0 fully saturated rings. The number of halogens is 2. The summed E-state index contributed by atoms with van der Waals surface area (Å²) in [6.07, 6.45) is 5.14. The SMILES string of the molecule is O=C(CN(c1ccc(Cl)c(Cl)c1)S(=O)(=O)c1ccccc1)NCc1ccccc1-n1ccnc1. The van der Waals surface area contributed by atoms with Crippen molar-refractivity contribution in [1.29, 1.82) is 0 Å². The number of nitrogens with one attached hydrogen (secondary N) is 1. The Morgan fingerprint density at radius 3 is 2.41 bits per heavy atom. The van der Waals surface area contributed by atoms with E-state index in [4.69, 9.17) is 23.2 Å². The van der Waals surface area contributed by atoms with Gasteiger partial charge in [0.15, 0.2) is 0 Å². The fraction of sp³-hybridized carbons (Fsp3) is 0.0833. The monoisotopic (exact) mass is 514 g/mol. The Balaban J connectivity index is 1.59. The number of hydrogen-bond donors (Lipinski definition) is 1. The van der Waals surface area contributed by atoms with Crippen molar-refractivity contribution < 1.29 is 13.2 Å². The van der Waals surface area contributed by atoms with E-state index in [-0.39, 0.29) is 27.2 Å². The van der Waals surface area contributed by atoms with E-state index in [1.54, 1.807) is 36.9 Å². The quantitative estimate of drug-likeness (QED) is 0.369. The number of amides is 1. The first-order valence-corrected chi connectivity index (χ1v) is 12.4. The molecule has 3 aromatic carbocycles. The van der Waals surface area contributed by atoms with Gasteiger partial charge in [0.1, 0.15) is 6.54 Å². The van der Waals surface area contributed by atoms with E-state index in [0.29, 0.717) is 0 Å². The molecule has 0 aliphatic carbocycles. The minimum atomic E-state index is -4.05. The van der Waals surface area contributed by atoms with Gasteiger partial charge >= 0.3 is 0 Å². The number of para-hydroxylation sites is 1. The second-order valence-electron chi connectivity index (χ2n) is 7.30. The summed E-state index contributed by atoms with van der Waals surface area (Å²) in [6, 6.07) is 19.9. The molecule has 0 bridgehead atoms. The molecule has 34 heavy (non-hydrogen) atoms. The molecule has 0 saturated heterocycles. The lowest BCUT2D eigenvalue weighted by Gasteiger charge is -2.24. The molecule has 174 valence electrons. The molecule has 7 nitrogen and oxygen atoms in total. The largest absolute Gasteiger partial charge is 0.350 e. The molecule has 0 radical (unpaired) electrons. The predicted octanol–water partition coefficient (Wildman–Crippen LogP) is 4.69. The first kappa shape index (κ1) is 23.8. The summed E-state index contributed by atoms with van der Waals surface area (Å²) in [5, 5.41) is 3.28. The lowest BCUT2D eigenvalue weighted by atomic mass is 10.1. The van der Waals surface area contributed by atoms with Crippen molar-refractivity contribution in [3.63, 3.8) is 0 Å². The number of imidazole rings is 1. The standard InChI is InChI=1S/C24H20Cl2N4O3S/c25-21-11-10-19(14-22(21)26)30(34(32,33)20-7-2-1-3-8-20)16-24(31)28-15-18-6-4-5-9-23(18)29-13-12-27-17-29/h1-14,17H,15-16H2,(H,28,31). The maximum atomic E-state index is 13.4. The van der Waals surface area contributed by atoms with Crippen LogP contribution < -0.4 is 9.62 Å². The number of anilines is 1. The lowest BCUT2D eigenvalue weighted by Crippen LogP contribution is -2.40. The summed E-state index contributed by atoms with van der Waals surface area (Å²) in [5.74, 6) is -0.481. The zero-order valence-corrected chi connectivity index (χ0v) is 20.1. The van der Waals surface area contributed by atoms with Gasteiger partial charge in [0.05, 0.1) is 32.6 Å². The third-order valence-corrected chi connectivity index (χ3v) is 7.59. The summed E-state index contributed by atoms with van der Waals surface area (Å²) < 4.78 is 29.7. The lowest BCUT2D eigenvalue weighted by molar-refractivity contribution is -0.119. The van der Waals surface area contributed by atoms with Crippen molar-refractivity contribution in [2.24, 2.45) is 0 Å². The molecule has 1 amide bonds. The molecular formula is C24H20Cl2N4O3S. The average molecular weight is 515 g/mol. The molecule has 0 atom stereocenters. The molecule has 4 aromatic rings. The van der Waals surface area contributed by atoms with Crippen LogP contribution in [0, 0.1) is 0 Å². The molecule has 0 spiro atoms. The number of aromatic nitrogens is 2. The highest BCUT2D eigenvalue weighted by molar-refractivity contribution is 7.92. The predicted molar refractivity (Wildman–Crippen MR) is 133 cm³/mol. The first-order valence-electron chi connectivity index (χ1n) is 10.2. The number of carbonyl (C=O) groups excluding carboxylic acids is 1. The number of carbonyl (C=O) groups is 1. The fourth-order valence-electron chi connectivity index (χ4n) is 3.37. The van der Waals surface area contributed by atoms with Crippen LogP contribution in [0.2, 0.25) is 10.0 Å². The van der Waals surface area contributed by atoms with Crippen LogP contribution in [-0.4, -0.2) is 30.4 Å². The zero-order valence-electron chi connectivity index (χ0n) is 17.8. The Bertz CT molecular complexity index is 1400. The van der Waals surface area contributed by atoms with Crippen molar-refractivity contribution in [1.82, 2.24) is 14.9 Å². The third-order valence-electron chi connectivity index (χ3n) is 5.06. The smallest absolute Gasteiger partial charge is 0.264 e. The Morgan fingerprint density at radius 2 is 1.71 bits per heavy atom. The van der Waals surface area contributed by atoms with Crippen molar-refractivity contribution in [2.75, 3.05) is 10.8 Å².